The Kier molecular flexibility index (Phi) is 4.63. The summed E-state index contributed by atoms with van der Waals surface area (Å²) in [5.41, 5.74) is 1.73. The van der Waals surface area contributed by atoms with E-state index in [0.717, 1.165) is 18.1 Å². The second kappa shape index (κ2) is 6.25. The number of amides is 1. The van der Waals surface area contributed by atoms with Crippen LogP contribution in [0.25, 0.3) is 0 Å². The molecule has 0 spiro atoms. The second-order valence-electron chi connectivity index (χ2n) is 4.21. The van der Waals surface area contributed by atoms with Crippen LogP contribution in [0, 0.1) is 5.82 Å². The first-order chi connectivity index (χ1) is 9.52. The lowest BCUT2D eigenvalue weighted by Crippen LogP contribution is -2.14. The zero-order valence-electron chi connectivity index (χ0n) is 10.7. The summed E-state index contributed by atoms with van der Waals surface area (Å²) >= 11 is 11.5. The van der Waals surface area contributed by atoms with E-state index in [1.165, 1.54) is 6.07 Å². The summed E-state index contributed by atoms with van der Waals surface area (Å²) in [7, 11) is 0. The molecule has 1 N–H and O–H groups in total. The average Bonchev–Trinajstić information content (AvgIpc) is 2.43. The Morgan fingerprint density at radius 3 is 2.60 bits per heavy atom. The van der Waals surface area contributed by atoms with Crippen molar-refractivity contribution < 1.29 is 9.18 Å². The van der Waals surface area contributed by atoms with E-state index < -0.39 is 11.7 Å². The molecular weight excluding hydrogens is 300 g/mol. The molecule has 2 aromatic carbocycles. The van der Waals surface area contributed by atoms with E-state index in [1.807, 2.05) is 25.1 Å². The smallest absolute Gasteiger partial charge is 0.257 e. The molecule has 0 radical (unpaired) electrons. The number of benzene rings is 2. The van der Waals surface area contributed by atoms with Gasteiger partial charge in [0.25, 0.3) is 5.91 Å². The number of hydrogen-bond acceptors (Lipinski definition) is 1. The van der Waals surface area contributed by atoms with Crippen molar-refractivity contribution in [1.29, 1.82) is 0 Å². The molecule has 0 unspecified atom stereocenters. The molecule has 0 aliphatic carbocycles. The number of carbonyl (C=O) groups is 1. The SMILES string of the molecule is CCc1ccccc1NC(=O)c1cc(F)c(Cl)cc1Cl. The maximum absolute atomic E-state index is 13.4. The lowest BCUT2D eigenvalue weighted by atomic mass is 10.1. The fraction of sp³-hybridized carbons (Fsp3) is 0.133. The molecule has 2 rings (SSSR count). The molecule has 0 saturated heterocycles. The first-order valence-electron chi connectivity index (χ1n) is 6.06. The number of para-hydroxylation sites is 1. The first-order valence-corrected chi connectivity index (χ1v) is 6.82. The first kappa shape index (κ1) is 14.8. The number of rotatable bonds is 3. The van der Waals surface area contributed by atoms with Gasteiger partial charge in [-0.05, 0) is 30.2 Å². The Morgan fingerprint density at radius 2 is 1.90 bits per heavy atom. The maximum Gasteiger partial charge on any atom is 0.257 e. The maximum atomic E-state index is 13.4. The molecule has 0 atom stereocenters. The van der Waals surface area contributed by atoms with E-state index in [1.54, 1.807) is 6.07 Å². The van der Waals surface area contributed by atoms with Gasteiger partial charge in [-0.3, -0.25) is 4.79 Å². The third-order valence-electron chi connectivity index (χ3n) is 2.90. The van der Waals surface area contributed by atoms with Crippen molar-refractivity contribution in [2.75, 3.05) is 5.32 Å². The summed E-state index contributed by atoms with van der Waals surface area (Å²) < 4.78 is 13.4. The highest BCUT2D eigenvalue weighted by atomic mass is 35.5. The summed E-state index contributed by atoms with van der Waals surface area (Å²) in [5, 5.41) is 2.74. The van der Waals surface area contributed by atoms with Gasteiger partial charge in [0.1, 0.15) is 5.82 Å². The number of aryl methyl sites for hydroxylation is 1. The lowest BCUT2D eigenvalue weighted by Gasteiger charge is -2.11. The van der Waals surface area contributed by atoms with Crippen LogP contribution in [0.1, 0.15) is 22.8 Å². The molecule has 0 aliphatic rings. The van der Waals surface area contributed by atoms with E-state index in [4.69, 9.17) is 23.2 Å². The van der Waals surface area contributed by atoms with Crippen molar-refractivity contribution in [3.8, 4) is 0 Å². The largest absolute Gasteiger partial charge is 0.322 e. The van der Waals surface area contributed by atoms with Gasteiger partial charge in [0.2, 0.25) is 0 Å². The molecule has 0 heterocycles. The van der Waals surface area contributed by atoms with E-state index in [-0.39, 0.29) is 15.6 Å². The molecule has 104 valence electrons. The molecule has 0 saturated carbocycles. The minimum Gasteiger partial charge on any atom is -0.322 e. The van der Waals surface area contributed by atoms with E-state index in [0.29, 0.717) is 5.69 Å². The average molecular weight is 312 g/mol. The van der Waals surface area contributed by atoms with Gasteiger partial charge in [-0.1, -0.05) is 48.3 Å². The van der Waals surface area contributed by atoms with Gasteiger partial charge < -0.3 is 5.32 Å². The Morgan fingerprint density at radius 1 is 1.20 bits per heavy atom. The minimum absolute atomic E-state index is 0.0551. The van der Waals surface area contributed by atoms with Gasteiger partial charge >= 0.3 is 0 Å². The number of nitrogens with one attached hydrogen (secondary N) is 1. The van der Waals surface area contributed by atoms with Crippen molar-refractivity contribution in [3.63, 3.8) is 0 Å². The molecule has 20 heavy (non-hydrogen) atoms. The Labute approximate surface area is 126 Å². The van der Waals surface area contributed by atoms with Gasteiger partial charge in [0, 0.05) is 5.69 Å². The summed E-state index contributed by atoms with van der Waals surface area (Å²) in [4.78, 5) is 12.2. The fourth-order valence-corrected chi connectivity index (χ4v) is 2.31. The monoisotopic (exact) mass is 311 g/mol. The summed E-state index contributed by atoms with van der Waals surface area (Å²) in [5.74, 6) is -1.14. The third kappa shape index (κ3) is 3.11. The van der Waals surface area contributed by atoms with E-state index >= 15 is 0 Å². The highest BCUT2D eigenvalue weighted by molar-refractivity contribution is 6.37. The van der Waals surface area contributed by atoms with Crippen LogP contribution in [0.5, 0.6) is 0 Å². The van der Waals surface area contributed by atoms with Crippen LogP contribution in [0.3, 0.4) is 0 Å². The molecule has 0 bridgehead atoms. The van der Waals surface area contributed by atoms with Crippen LogP contribution >= 0.6 is 23.2 Å². The predicted octanol–water partition coefficient (Wildman–Crippen LogP) is 4.95. The van der Waals surface area contributed by atoms with Gasteiger partial charge in [-0.25, -0.2) is 4.39 Å². The van der Waals surface area contributed by atoms with Crippen molar-refractivity contribution in [3.05, 3.63) is 63.4 Å². The van der Waals surface area contributed by atoms with Crippen molar-refractivity contribution >= 4 is 34.8 Å². The third-order valence-corrected chi connectivity index (χ3v) is 3.50. The zero-order chi connectivity index (χ0) is 14.7. The Balaban J connectivity index is 2.31. The van der Waals surface area contributed by atoms with Crippen LogP contribution in [0.15, 0.2) is 36.4 Å². The Hall–Kier alpha value is -1.58. The van der Waals surface area contributed by atoms with Crippen LogP contribution in [-0.4, -0.2) is 5.91 Å². The van der Waals surface area contributed by atoms with Gasteiger partial charge in [-0.15, -0.1) is 0 Å². The molecule has 0 fully saturated rings. The zero-order valence-corrected chi connectivity index (χ0v) is 12.2. The van der Waals surface area contributed by atoms with Crippen LogP contribution in [-0.2, 0) is 6.42 Å². The minimum atomic E-state index is -0.676. The van der Waals surface area contributed by atoms with Gasteiger partial charge in [0.05, 0.1) is 15.6 Å². The molecule has 0 aromatic heterocycles. The molecular formula is C15H12Cl2FNO. The molecule has 2 aromatic rings. The van der Waals surface area contributed by atoms with Crippen LogP contribution in [0.2, 0.25) is 10.0 Å². The molecule has 5 heteroatoms. The standard InChI is InChI=1S/C15H12Cl2FNO/c1-2-9-5-3-4-6-14(9)19-15(20)10-7-13(18)12(17)8-11(10)16/h3-8H,2H2,1H3,(H,19,20). The van der Waals surface area contributed by atoms with Crippen molar-refractivity contribution in [2.45, 2.75) is 13.3 Å². The van der Waals surface area contributed by atoms with E-state index in [9.17, 15) is 9.18 Å². The second-order valence-corrected chi connectivity index (χ2v) is 5.03. The number of halogens is 3. The predicted molar refractivity (Wildman–Crippen MR) is 80.2 cm³/mol. The van der Waals surface area contributed by atoms with Gasteiger partial charge in [-0.2, -0.15) is 0 Å². The Bertz CT molecular complexity index is 658. The van der Waals surface area contributed by atoms with Crippen LogP contribution < -0.4 is 5.32 Å². The van der Waals surface area contributed by atoms with Crippen LogP contribution in [0.4, 0.5) is 10.1 Å². The highest BCUT2D eigenvalue weighted by Gasteiger charge is 2.15. The van der Waals surface area contributed by atoms with Crippen molar-refractivity contribution in [1.82, 2.24) is 0 Å². The summed E-state index contributed by atoms with van der Waals surface area (Å²) in [6.45, 7) is 1.99. The molecule has 0 aliphatic heterocycles. The van der Waals surface area contributed by atoms with E-state index in [2.05, 4.69) is 5.32 Å². The summed E-state index contributed by atoms with van der Waals surface area (Å²) in [6, 6.07) is 9.67. The quantitative estimate of drug-likeness (QED) is 0.799. The lowest BCUT2D eigenvalue weighted by molar-refractivity contribution is 0.102. The summed E-state index contributed by atoms with van der Waals surface area (Å²) in [6.07, 6.45) is 0.777. The molecule has 1 amide bonds. The normalized spacial score (nSPS) is 10.4. The number of carbonyl (C=O) groups excluding carboxylic acids is 1. The topological polar surface area (TPSA) is 29.1 Å². The van der Waals surface area contributed by atoms with Gasteiger partial charge in [0.15, 0.2) is 0 Å². The molecule has 2 nitrogen and oxygen atoms in total. The highest BCUT2D eigenvalue weighted by Crippen LogP contribution is 2.25. The fourth-order valence-electron chi connectivity index (χ4n) is 1.84. The number of anilines is 1. The van der Waals surface area contributed by atoms with Crippen molar-refractivity contribution in [2.24, 2.45) is 0 Å². The number of hydrogen-bond donors (Lipinski definition) is 1.